The fourth-order valence-corrected chi connectivity index (χ4v) is 3.68. The molecule has 3 rings (SSSR count). The second-order valence-electron chi connectivity index (χ2n) is 6.61. The molecule has 0 aliphatic rings. The number of aryl methyl sites for hydroxylation is 1. The largest absolute Gasteiger partial charge is 0.493 e. The van der Waals surface area contributed by atoms with Crippen molar-refractivity contribution in [1.82, 2.24) is 4.98 Å². The van der Waals surface area contributed by atoms with Crippen molar-refractivity contribution in [3.8, 4) is 17.0 Å². The maximum atomic E-state index is 5.94. The number of aromatic nitrogens is 1. The van der Waals surface area contributed by atoms with Crippen molar-refractivity contribution >= 4 is 22.7 Å². The Morgan fingerprint density at radius 1 is 1.04 bits per heavy atom. The Balaban J connectivity index is 1.61. The molecule has 4 nitrogen and oxygen atoms in total. The maximum absolute atomic E-state index is 5.94. The van der Waals surface area contributed by atoms with E-state index in [0.717, 1.165) is 40.7 Å². The van der Waals surface area contributed by atoms with Crippen LogP contribution in [0.4, 0.5) is 5.13 Å². The van der Waals surface area contributed by atoms with Gasteiger partial charge in [0.25, 0.3) is 0 Å². The summed E-state index contributed by atoms with van der Waals surface area (Å²) in [7, 11) is 0. The van der Waals surface area contributed by atoms with Crippen molar-refractivity contribution in [3.63, 3.8) is 0 Å². The highest BCUT2D eigenvalue weighted by atomic mass is 32.1. The second-order valence-corrected chi connectivity index (χ2v) is 7.81. The maximum Gasteiger partial charge on any atom is 0.204 e. The van der Waals surface area contributed by atoms with Gasteiger partial charge in [0.1, 0.15) is 5.75 Å². The third-order valence-corrected chi connectivity index (χ3v) is 5.26. The van der Waals surface area contributed by atoms with Crippen molar-refractivity contribution < 1.29 is 4.74 Å². The van der Waals surface area contributed by atoms with Gasteiger partial charge in [-0.15, -0.1) is 11.3 Å². The molecule has 0 saturated carbocycles. The summed E-state index contributed by atoms with van der Waals surface area (Å²) in [6.45, 7) is 5.04. The summed E-state index contributed by atoms with van der Waals surface area (Å²) in [5.41, 5.74) is 6.14. The van der Waals surface area contributed by atoms with Crippen LogP contribution in [0.15, 0.2) is 59.7 Å². The summed E-state index contributed by atoms with van der Waals surface area (Å²) in [5, 5.41) is 5.15. The molecule has 1 aromatic heterocycles. The number of hydrogen-bond acceptors (Lipinski definition) is 5. The van der Waals surface area contributed by atoms with Crippen LogP contribution in [0.5, 0.6) is 5.75 Å². The molecule has 28 heavy (non-hydrogen) atoms. The van der Waals surface area contributed by atoms with Crippen molar-refractivity contribution in [3.05, 3.63) is 65.0 Å². The van der Waals surface area contributed by atoms with Gasteiger partial charge >= 0.3 is 0 Å². The fraction of sp³-hybridized carbons (Fsp3) is 0.304. The minimum atomic E-state index is 0.740. The van der Waals surface area contributed by atoms with E-state index in [4.69, 9.17) is 4.74 Å². The van der Waals surface area contributed by atoms with Gasteiger partial charge in [0.15, 0.2) is 0 Å². The average molecular weight is 394 g/mol. The van der Waals surface area contributed by atoms with Gasteiger partial charge in [0, 0.05) is 16.0 Å². The predicted octanol–water partition coefficient (Wildman–Crippen LogP) is 6.52. The number of nitrogens with zero attached hydrogens (tertiary/aromatic N) is 2. The molecule has 1 heterocycles. The van der Waals surface area contributed by atoms with Crippen LogP contribution in [0.2, 0.25) is 0 Å². The molecular weight excluding hydrogens is 366 g/mol. The van der Waals surface area contributed by atoms with Crippen LogP contribution < -0.4 is 10.2 Å². The normalized spacial score (nSPS) is 11.1. The third-order valence-electron chi connectivity index (χ3n) is 4.38. The van der Waals surface area contributed by atoms with E-state index in [-0.39, 0.29) is 0 Å². The van der Waals surface area contributed by atoms with Crippen LogP contribution in [0.25, 0.3) is 11.3 Å². The molecule has 2 aromatic carbocycles. The van der Waals surface area contributed by atoms with E-state index >= 15 is 0 Å². The summed E-state index contributed by atoms with van der Waals surface area (Å²) in [5.74, 6) is 0.866. The SMILES string of the molecule is CCCCCCOc1ccccc1/C=N\Nc1nc(-c2ccccc2)c(C)s1. The quantitative estimate of drug-likeness (QED) is 0.242. The minimum absolute atomic E-state index is 0.740. The summed E-state index contributed by atoms with van der Waals surface area (Å²) < 4.78 is 5.94. The van der Waals surface area contributed by atoms with Gasteiger partial charge in [0.05, 0.1) is 18.5 Å². The number of hydrazone groups is 1. The van der Waals surface area contributed by atoms with Gasteiger partial charge in [0.2, 0.25) is 5.13 Å². The number of ether oxygens (including phenoxy) is 1. The molecule has 0 amide bonds. The Morgan fingerprint density at radius 3 is 2.64 bits per heavy atom. The molecule has 0 saturated heterocycles. The second kappa shape index (κ2) is 10.6. The van der Waals surface area contributed by atoms with E-state index in [1.807, 2.05) is 42.5 Å². The van der Waals surface area contributed by atoms with Gasteiger partial charge in [-0.3, -0.25) is 5.43 Å². The van der Waals surface area contributed by atoms with E-state index in [2.05, 4.69) is 41.5 Å². The molecule has 0 radical (unpaired) electrons. The Labute approximate surface area is 171 Å². The Kier molecular flexibility index (Phi) is 7.62. The summed E-state index contributed by atoms with van der Waals surface area (Å²) in [6, 6.07) is 18.2. The van der Waals surface area contributed by atoms with Crippen LogP contribution in [-0.2, 0) is 0 Å². The first kappa shape index (κ1) is 20.1. The molecule has 146 valence electrons. The molecule has 0 fully saturated rings. The van der Waals surface area contributed by atoms with Crippen LogP contribution in [0, 0.1) is 6.92 Å². The number of nitrogens with one attached hydrogen (secondary N) is 1. The van der Waals surface area contributed by atoms with Gasteiger partial charge in [-0.2, -0.15) is 5.10 Å². The van der Waals surface area contributed by atoms with Crippen LogP contribution in [0.1, 0.15) is 43.0 Å². The third kappa shape index (κ3) is 5.67. The Hall–Kier alpha value is -2.66. The van der Waals surface area contributed by atoms with E-state index in [0.29, 0.717) is 0 Å². The lowest BCUT2D eigenvalue weighted by atomic mass is 10.1. The van der Waals surface area contributed by atoms with Crippen LogP contribution in [0.3, 0.4) is 0 Å². The monoisotopic (exact) mass is 393 g/mol. The highest BCUT2D eigenvalue weighted by molar-refractivity contribution is 7.15. The zero-order valence-electron chi connectivity index (χ0n) is 16.5. The van der Waals surface area contributed by atoms with Crippen molar-refractivity contribution in [2.45, 2.75) is 39.5 Å². The fourth-order valence-electron chi connectivity index (χ4n) is 2.89. The van der Waals surface area contributed by atoms with Crippen molar-refractivity contribution in [2.24, 2.45) is 5.10 Å². The molecule has 3 aromatic rings. The number of unbranched alkanes of at least 4 members (excludes halogenated alkanes) is 3. The molecule has 0 atom stereocenters. The zero-order valence-corrected chi connectivity index (χ0v) is 17.3. The first-order valence-corrected chi connectivity index (χ1v) is 10.6. The predicted molar refractivity (Wildman–Crippen MR) is 120 cm³/mol. The lowest BCUT2D eigenvalue weighted by molar-refractivity contribution is 0.304. The van der Waals surface area contributed by atoms with E-state index in [1.165, 1.54) is 24.1 Å². The number of anilines is 1. The molecule has 0 aliphatic carbocycles. The van der Waals surface area contributed by atoms with E-state index in [1.54, 1.807) is 17.6 Å². The molecule has 1 N–H and O–H groups in total. The first-order valence-electron chi connectivity index (χ1n) is 9.81. The molecule has 0 bridgehead atoms. The number of para-hydroxylation sites is 1. The first-order chi connectivity index (χ1) is 13.8. The number of thiazole rings is 1. The van der Waals surface area contributed by atoms with Crippen molar-refractivity contribution in [2.75, 3.05) is 12.0 Å². The molecule has 5 heteroatoms. The number of rotatable bonds is 10. The van der Waals surface area contributed by atoms with Gasteiger partial charge < -0.3 is 4.74 Å². The summed E-state index contributed by atoms with van der Waals surface area (Å²) >= 11 is 1.60. The standard InChI is InChI=1S/C23H27N3OS/c1-3-4-5-11-16-27-21-15-10-9-14-20(21)17-24-26-23-25-22(18(2)28-23)19-12-7-6-8-13-19/h6-10,12-15,17H,3-5,11,16H2,1-2H3,(H,25,26)/b24-17-. The minimum Gasteiger partial charge on any atom is -0.493 e. The Morgan fingerprint density at radius 2 is 1.82 bits per heavy atom. The van der Waals surface area contributed by atoms with Gasteiger partial charge in [-0.05, 0) is 25.5 Å². The molecule has 0 unspecified atom stereocenters. The average Bonchev–Trinajstić information content (AvgIpc) is 3.10. The van der Waals surface area contributed by atoms with Gasteiger partial charge in [-0.25, -0.2) is 4.98 Å². The van der Waals surface area contributed by atoms with Crippen molar-refractivity contribution in [1.29, 1.82) is 0 Å². The Bertz CT molecular complexity index is 890. The van der Waals surface area contributed by atoms with E-state index < -0.39 is 0 Å². The topological polar surface area (TPSA) is 46.5 Å². The van der Waals surface area contributed by atoms with Gasteiger partial charge in [-0.1, -0.05) is 68.7 Å². The summed E-state index contributed by atoms with van der Waals surface area (Å²) in [6.07, 6.45) is 6.58. The molecule has 0 aliphatic heterocycles. The highest BCUT2D eigenvalue weighted by Gasteiger charge is 2.09. The van der Waals surface area contributed by atoms with Crippen LogP contribution >= 0.6 is 11.3 Å². The number of benzene rings is 2. The lowest BCUT2D eigenvalue weighted by Gasteiger charge is -2.08. The molecule has 0 spiro atoms. The summed E-state index contributed by atoms with van der Waals surface area (Å²) in [4.78, 5) is 5.84. The van der Waals surface area contributed by atoms with Crippen LogP contribution in [-0.4, -0.2) is 17.8 Å². The number of hydrogen-bond donors (Lipinski definition) is 1. The molecular formula is C23H27N3OS. The zero-order chi connectivity index (χ0) is 19.6. The lowest BCUT2D eigenvalue weighted by Crippen LogP contribution is -2.00. The smallest absolute Gasteiger partial charge is 0.204 e. The van der Waals surface area contributed by atoms with E-state index in [9.17, 15) is 0 Å². The highest BCUT2D eigenvalue weighted by Crippen LogP contribution is 2.30.